The molecule has 3 unspecified atom stereocenters. The molecule has 0 amide bonds. The molecule has 0 aromatic carbocycles. The number of rotatable bonds is 1. The molecule has 2 N–H and O–H groups in total. The van der Waals surface area contributed by atoms with E-state index in [2.05, 4.69) is 20.8 Å². The van der Waals surface area contributed by atoms with Crippen LogP contribution in [-0.2, 0) is 0 Å². The van der Waals surface area contributed by atoms with Crippen LogP contribution in [0.25, 0.3) is 0 Å². The van der Waals surface area contributed by atoms with E-state index >= 15 is 0 Å². The highest BCUT2D eigenvalue weighted by Gasteiger charge is 2.56. The van der Waals surface area contributed by atoms with E-state index in [-0.39, 0.29) is 5.54 Å². The zero-order chi connectivity index (χ0) is 10.4. The predicted octanol–water partition coefficient (Wildman–Crippen LogP) is 3.33. The Morgan fingerprint density at radius 3 is 2.50 bits per heavy atom. The summed E-state index contributed by atoms with van der Waals surface area (Å²) in [4.78, 5) is 0. The number of fused-ring (bicyclic) bond motifs is 1. The second-order valence-electron chi connectivity index (χ2n) is 6.09. The Morgan fingerprint density at radius 1 is 1.14 bits per heavy atom. The normalized spacial score (nSPS) is 48.2. The quantitative estimate of drug-likeness (QED) is 0.682. The van der Waals surface area contributed by atoms with Crippen molar-refractivity contribution in [3.05, 3.63) is 0 Å². The fraction of sp³-hybridized carbons (Fsp3) is 1.00. The second kappa shape index (κ2) is 3.23. The largest absolute Gasteiger partial charge is 0.324 e. The molecule has 0 aromatic heterocycles. The van der Waals surface area contributed by atoms with Crippen molar-refractivity contribution in [1.29, 1.82) is 0 Å². The lowest BCUT2D eigenvalue weighted by Gasteiger charge is -2.49. The van der Waals surface area contributed by atoms with E-state index in [0.29, 0.717) is 11.3 Å². The number of nitrogens with two attached hydrogens (primary N) is 1. The molecule has 2 aliphatic rings. The first-order chi connectivity index (χ1) is 6.51. The first-order valence-corrected chi connectivity index (χ1v) is 6.29. The molecule has 3 atom stereocenters. The Labute approximate surface area is 88.4 Å². The molecule has 0 aliphatic heterocycles. The molecule has 0 heterocycles. The second-order valence-corrected chi connectivity index (χ2v) is 6.09. The Bertz CT molecular complexity index is 223. The van der Waals surface area contributed by atoms with Crippen molar-refractivity contribution in [3.8, 4) is 0 Å². The molecule has 14 heavy (non-hydrogen) atoms. The van der Waals surface area contributed by atoms with Crippen LogP contribution in [0.2, 0.25) is 0 Å². The number of hydrogen-bond acceptors (Lipinski definition) is 1. The van der Waals surface area contributed by atoms with E-state index in [1.54, 1.807) is 0 Å². The summed E-state index contributed by atoms with van der Waals surface area (Å²) < 4.78 is 0. The Balaban J connectivity index is 2.29. The van der Waals surface area contributed by atoms with E-state index in [1.807, 2.05) is 0 Å². The highest BCUT2D eigenvalue weighted by molar-refractivity contribution is 5.11. The Morgan fingerprint density at radius 2 is 1.86 bits per heavy atom. The van der Waals surface area contributed by atoms with Crippen molar-refractivity contribution in [2.45, 2.75) is 64.8 Å². The summed E-state index contributed by atoms with van der Waals surface area (Å²) >= 11 is 0. The lowest BCUT2D eigenvalue weighted by Crippen LogP contribution is -2.56. The van der Waals surface area contributed by atoms with Crippen LogP contribution in [0.1, 0.15) is 59.3 Å². The molecule has 2 rings (SSSR count). The molecule has 1 nitrogen and oxygen atoms in total. The zero-order valence-corrected chi connectivity index (χ0v) is 9.97. The van der Waals surface area contributed by atoms with Gasteiger partial charge < -0.3 is 5.73 Å². The van der Waals surface area contributed by atoms with Crippen molar-refractivity contribution in [2.75, 3.05) is 0 Å². The van der Waals surface area contributed by atoms with Crippen LogP contribution in [0.4, 0.5) is 0 Å². The molecule has 2 aliphatic carbocycles. The molecule has 0 saturated heterocycles. The first kappa shape index (κ1) is 10.5. The molecular weight excluding hydrogens is 170 g/mol. The van der Waals surface area contributed by atoms with Gasteiger partial charge in [0.1, 0.15) is 0 Å². The summed E-state index contributed by atoms with van der Waals surface area (Å²) in [6.07, 6.45) is 8.28. The van der Waals surface area contributed by atoms with E-state index < -0.39 is 0 Å². The van der Waals surface area contributed by atoms with Gasteiger partial charge in [-0.25, -0.2) is 0 Å². The molecule has 82 valence electrons. The highest BCUT2D eigenvalue weighted by atomic mass is 14.8. The fourth-order valence-corrected chi connectivity index (χ4v) is 4.13. The summed E-state index contributed by atoms with van der Waals surface area (Å²) in [5.41, 5.74) is 7.26. The minimum Gasteiger partial charge on any atom is -0.324 e. The average Bonchev–Trinajstić information content (AvgIpc) is 2.41. The van der Waals surface area contributed by atoms with E-state index in [0.717, 1.165) is 5.92 Å². The van der Waals surface area contributed by atoms with Crippen molar-refractivity contribution in [1.82, 2.24) is 0 Å². The molecule has 2 fully saturated rings. The summed E-state index contributed by atoms with van der Waals surface area (Å²) in [6, 6.07) is 0. The summed E-state index contributed by atoms with van der Waals surface area (Å²) in [7, 11) is 0. The first-order valence-electron chi connectivity index (χ1n) is 6.29. The van der Waals surface area contributed by atoms with Gasteiger partial charge in [0.2, 0.25) is 0 Å². The van der Waals surface area contributed by atoms with Crippen molar-refractivity contribution in [2.24, 2.45) is 23.0 Å². The van der Waals surface area contributed by atoms with Gasteiger partial charge in [-0.1, -0.05) is 33.6 Å². The van der Waals surface area contributed by atoms with Gasteiger partial charge in [-0.2, -0.15) is 0 Å². The highest BCUT2D eigenvalue weighted by Crippen LogP contribution is 2.58. The van der Waals surface area contributed by atoms with Gasteiger partial charge in [0, 0.05) is 5.54 Å². The van der Waals surface area contributed by atoms with Gasteiger partial charge in [0.15, 0.2) is 0 Å². The summed E-state index contributed by atoms with van der Waals surface area (Å²) in [5, 5.41) is 0. The Kier molecular flexibility index (Phi) is 2.42. The van der Waals surface area contributed by atoms with E-state index in [9.17, 15) is 0 Å². The van der Waals surface area contributed by atoms with Gasteiger partial charge in [-0.15, -0.1) is 0 Å². The predicted molar refractivity (Wildman–Crippen MR) is 61.1 cm³/mol. The van der Waals surface area contributed by atoms with Crippen LogP contribution in [0.15, 0.2) is 0 Å². The Hall–Kier alpha value is -0.0400. The van der Waals surface area contributed by atoms with Gasteiger partial charge in [0.05, 0.1) is 0 Å². The lowest BCUT2D eigenvalue weighted by molar-refractivity contribution is 0.0481. The van der Waals surface area contributed by atoms with Gasteiger partial charge in [-0.3, -0.25) is 0 Å². The average molecular weight is 195 g/mol. The smallest absolute Gasteiger partial charge is 0.0234 e. The number of hydrogen-bond donors (Lipinski definition) is 1. The van der Waals surface area contributed by atoms with Crippen molar-refractivity contribution < 1.29 is 0 Å². The third-order valence-electron chi connectivity index (χ3n) is 5.40. The van der Waals surface area contributed by atoms with Crippen LogP contribution in [0.3, 0.4) is 0 Å². The third kappa shape index (κ3) is 1.18. The zero-order valence-electron chi connectivity index (χ0n) is 9.97. The van der Waals surface area contributed by atoms with Crippen LogP contribution < -0.4 is 5.73 Å². The fourth-order valence-electron chi connectivity index (χ4n) is 4.13. The maximum absolute atomic E-state index is 6.69. The molecule has 1 heteroatoms. The minimum absolute atomic E-state index is 0.123. The summed E-state index contributed by atoms with van der Waals surface area (Å²) in [6.45, 7) is 7.08. The van der Waals surface area contributed by atoms with Crippen LogP contribution in [0, 0.1) is 17.3 Å². The molecule has 0 aromatic rings. The van der Waals surface area contributed by atoms with Gasteiger partial charge in [0.25, 0.3) is 0 Å². The van der Waals surface area contributed by atoms with E-state index in [1.165, 1.54) is 38.5 Å². The van der Waals surface area contributed by atoms with E-state index in [4.69, 9.17) is 5.73 Å². The lowest BCUT2D eigenvalue weighted by atomic mass is 9.59. The van der Waals surface area contributed by atoms with Gasteiger partial charge in [-0.05, 0) is 42.9 Å². The molecule has 0 bridgehead atoms. The SMILES string of the molecule is CC(C)C1(N)CCC2CCCCC21C. The van der Waals surface area contributed by atoms with Gasteiger partial charge >= 0.3 is 0 Å². The molecule has 2 saturated carbocycles. The third-order valence-corrected chi connectivity index (χ3v) is 5.40. The molecular formula is C13H25N. The standard InChI is InChI=1S/C13H25N/c1-10(2)13(14)9-7-11-6-4-5-8-12(11,13)3/h10-11H,4-9,14H2,1-3H3. The molecule has 0 radical (unpaired) electrons. The molecule has 0 spiro atoms. The monoisotopic (exact) mass is 195 g/mol. The minimum atomic E-state index is 0.123. The van der Waals surface area contributed by atoms with Crippen molar-refractivity contribution >= 4 is 0 Å². The maximum Gasteiger partial charge on any atom is 0.0234 e. The van der Waals surface area contributed by atoms with Crippen LogP contribution >= 0.6 is 0 Å². The van der Waals surface area contributed by atoms with Crippen molar-refractivity contribution in [3.63, 3.8) is 0 Å². The van der Waals surface area contributed by atoms with Crippen LogP contribution in [0.5, 0.6) is 0 Å². The summed E-state index contributed by atoms with van der Waals surface area (Å²) in [5.74, 6) is 1.55. The van der Waals surface area contributed by atoms with Crippen LogP contribution in [-0.4, -0.2) is 5.54 Å². The topological polar surface area (TPSA) is 26.0 Å². The maximum atomic E-state index is 6.69.